The van der Waals surface area contributed by atoms with Gasteiger partial charge in [-0.3, -0.25) is 0 Å². The fourth-order valence-electron chi connectivity index (χ4n) is 1.05. The zero-order chi connectivity index (χ0) is 13.1. The molecule has 0 rings (SSSR count). The van der Waals surface area contributed by atoms with Gasteiger partial charge in [0.2, 0.25) is 0 Å². The Kier molecular flexibility index (Phi) is 9.98. The molecule has 0 aromatic rings. The number of methoxy groups -OCH3 is 2. The maximum absolute atomic E-state index is 10.9. The Hall–Kier alpha value is -0.730. The SMILES string of the molecule is COCC(COCC(CO)OC)OC(=O)CO. The third-order valence-electron chi connectivity index (χ3n) is 1.92. The standard InChI is InChI=1S/C10H20O7/c1-14-5-9(17-10(13)4-12)7-16-6-8(3-11)15-2/h8-9,11-12H,3-7H2,1-2H3. The smallest absolute Gasteiger partial charge is 0.332 e. The molecule has 0 aromatic heterocycles. The molecule has 7 heteroatoms. The number of carbonyl (C=O) groups is 1. The van der Waals surface area contributed by atoms with Crippen LogP contribution in [0.15, 0.2) is 0 Å². The largest absolute Gasteiger partial charge is 0.456 e. The summed E-state index contributed by atoms with van der Waals surface area (Å²) < 4.78 is 19.8. The Morgan fingerprint density at radius 3 is 2.24 bits per heavy atom. The van der Waals surface area contributed by atoms with Crippen molar-refractivity contribution in [2.45, 2.75) is 12.2 Å². The predicted molar refractivity (Wildman–Crippen MR) is 57.5 cm³/mol. The number of esters is 1. The van der Waals surface area contributed by atoms with Crippen LogP contribution in [0, 0.1) is 0 Å². The number of aliphatic hydroxyl groups is 2. The zero-order valence-electron chi connectivity index (χ0n) is 10.1. The van der Waals surface area contributed by atoms with E-state index in [1.54, 1.807) is 0 Å². The van der Waals surface area contributed by atoms with Crippen molar-refractivity contribution in [1.29, 1.82) is 0 Å². The first-order chi connectivity index (χ1) is 8.17. The number of hydrogen-bond acceptors (Lipinski definition) is 7. The molecule has 0 radical (unpaired) electrons. The molecule has 17 heavy (non-hydrogen) atoms. The van der Waals surface area contributed by atoms with E-state index < -0.39 is 24.8 Å². The van der Waals surface area contributed by atoms with Gasteiger partial charge in [0, 0.05) is 14.2 Å². The van der Waals surface area contributed by atoms with Gasteiger partial charge in [-0.05, 0) is 0 Å². The van der Waals surface area contributed by atoms with Crippen molar-refractivity contribution in [2.75, 3.05) is 47.3 Å². The molecule has 0 fully saturated rings. The van der Waals surface area contributed by atoms with Gasteiger partial charge in [-0.15, -0.1) is 0 Å². The second kappa shape index (κ2) is 10.4. The average Bonchev–Trinajstić information content (AvgIpc) is 2.34. The van der Waals surface area contributed by atoms with Gasteiger partial charge in [-0.1, -0.05) is 0 Å². The van der Waals surface area contributed by atoms with E-state index >= 15 is 0 Å². The highest BCUT2D eigenvalue weighted by molar-refractivity contribution is 5.70. The lowest BCUT2D eigenvalue weighted by atomic mass is 10.4. The van der Waals surface area contributed by atoms with Crippen molar-refractivity contribution in [3.05, 3.63) is 0 Å². The summed E-state index contributed by atoms with van der Waals surface area (Å²) in [6.07, 6.45) is -0.998. The van der Waals surface area contributed by atoms with Crippen LogP contribution in [-0.2, 0) is 23.7 Å². The molecule has 0 aromatic carbocycles. The summed E-state index contributed by atoms with van der Waals surface area (Å²) in [5.41, 5.74) is 0. The van der Waals surface area contributed by atoms with Crippen molar-refractivity contribution in [2.24, 2.45) is 0 Å². The van der Waals surface area contributed by atoms with Crippen LogP contribution in [0.25, 0.3) is 0 Å². The highest BCUT2D eigenvalue weighted by Crippen LogP contribution is 1.98. The van der Waals surface area contributed by atoms with E-state index in [9.17, 15) is 4.79 Å². The van der Waals surface area contributed by atoms with Crippen LogP contribution in [0.3, 0.4) is 0 Å². The third-order valence-corrected chi connectivity index (χ3v) is 1.92. The number of rotatable bonds is 10. The molecule has 2 unspecified atom stereocenters. The molecule has 7 nitrogen and oxygen atoms in total. The fourth-order valence-corrected chi connectivity index (χ4v) is 1.05. The molecule has 0 spiro atoms. The molecule has 0 saturated carbocycles. The number of carbonyl (C=O) groups excluding carboxylic acids is 1. The molecule has 0 bridgehead atoms. The maximum atomic E-state index is 10.9. The van der Waals surface area contributed by atoms with Crippen LogP contribution >= 0.6 is 0 Å². The van der Waals surface area contributed by atoms with Gasteiger partial charge in [0.1, 0.15) is 18.8 Å². The van der Waals surface area contributed by atoms with E-state index in [1.165, 1.54) is 14.2 Å². The first-order valence-corrected chi connectivity index (χ1v) is 5.18. The summed E-state index contributed by atoms with van der Waals surface area (Å²) in [4.78, 5) is 10.9. The number of ether oxygens (including phenoxy) is 4. The summed E-state index contributed by atoms with van der Waals surface area (Å²) in [5.74, 6) is -0.735. The monoisotopic (exact) mass is 252 g/mol. The molecule has 0 aliphatic heterocycles. The van der Waals surface area contributed by atoms with E-state index in [0.29, 0.717) is 0 Å². The fraction of sp³-hybridized carbons (Fsp3) is 0.900. The van der Waals surface area contributed by atoms with Gasteiger partial charge in [-0.25, -0.2) is 4.79 Å². The van der Waals surface area contributed by atoms with E-state index in [-0.39, 0.29) is 26.4 Å². The number of aliphatic hydroxyl groups excluding tert-OH is 2. The molecule has 2 atom stereocenters. The summed E-state index contributed by atoms with van der Waals surface area (Å²) in [7, 11) is 2.92. The Morgan fingerprint density at radius 2 is 1.76 bits per heavy atom. The minimum Gasteiger partial charge on any atom is -0.456 e. The van der Waals surface area contributed by atoms with Crippen LogP contribution in [0.2, 0.25) is 0 Å². The molecular weight excluding hydrogens is 232 g/mol. The van der Waals surface area contributed by atoms with Crippen molar-refractivity contribution < 1.29 is 34.0 Å². The van der Waals surface area contributed by atoms with Crippen LogP contribution in [0.5, 0.6) is 0 Å². The van der Waals surface area contributed by atoms with Crippen LogP contribution in [-0.4, -0.2) is 75.6 Å². The molecule has 0 saturated heterocycles. The normalized spacial score (nSPS) is 14.4. The van der Waals surface area contributed by atoms with Gasteiger partial charge in [0.25, 0.3) is 0 Å². The van der Waals surface area contributed by atoms with E-state index in [4.69, 9.17) is 29.2 Å². The van der Waals surface area contributed by atoms with Crippen LogP contribution < -0.4 is 0 Å². The first-order valence-electron chi connectivity index (χ1n) is 5.18. The van der Waals surface area contributed by atoms with Crippen molar-refractivity contribution in [3.63, 3.8) is 0 Å². The van der Waals surface area contributed by atoms with Gasteiger partial charge in [0.15, 0.2) is 0 Å². The third kappa shape index (κ3) is 8.06. The van der Waals surface area contributed by atoms with Gasteiger partial charge in [-0.2, -0.15) is 0 Å². The Bertz CT molecular complexity index is 193. The quantitative estimate of drug-likeness (QED) is 0.460. The Labute approximate surface area is 100 Å². The molecular formula is C10H20O7. The predicted octanol–water partition coefficient (Wildman–Crippen LogP) is -1.44. The maximum Gasteiger partial charge on any atom is 0.332 e. The average molecular weight is 252 g/mol. The lowest BCUT2D eigenvalue weighted by Crippen LogP contribution is -2.31. The van der Waals surface area contributed by atoms with E-state index in [2.05, 4.69) is 0 Å². The minimum atomic E-state index is -0.735. The summed E-state index contributed by atoms with van der Waals surface area (Å²) in [5, 5.41) is 17.4. The lowest BCUT2D eigenvalue weighted by molar-refractivity contribution is -0.159. The topological polar surface area (TPSA) is 94.5 Å². The van der Waals surface area contributed by atoms with Gasteiger partial charge in [0.05, 0.1) is 26.4 Å². The second-order valence-electron chi connectivity index (χ2n) is 3.30. The van der Waals surface area contributed by atoms with Crippen molar-refractivity contribution in [1.82, 2.24) is 0 Å². The Morgan fingerprint density at radius 1 is 1.12 bits per heavy atom. The summed E-state index contributed by atoms with van der Waals surface area (Å²) in [6, 6.07) is 0. The van der Waals surface area contributed by atoms with Gasteiger partial charge >= 0.3 is 5.97 Å². The lowest BCUT2D eigenvalue weighted by Gasteiger charge is -2.18. The minimum absolute atomic E-state index is 0.111. The van der Waals surface area contributed by atoms with E-state index in [1.807, 2.05) is 0 Å². The van der Waals surface area contributed by atoms with Crippen LogP contribution in [0.4, 0.5) is 0 Å². The molecule has 0 aliphatic carbocycles. The summed E-state index contributed by atoms with van der Waals surface area (Å²) in [6.45, 7) is -0.370. The van der Waals surface area contributed by atoms with Crippen molar-refractivity contribution >= 4 is 5.97 Å². The molecule has 0 amide bonds. The highest BCUT2D eigenvalue weighted by atomic mass is 16.6. The molecule has 102 valence electrons. The Balaban J connectivity index is 3.87. The zero-order valence-corrected chi connectivity index (χ0v) is 10.1. The highest BCUT2D eigenvalue weighted by Gasteiger charge is 2.15. The molecule has 2 N–H and O–H groups in total. The van der Waals surface area contributed by atoms with Crippen molar-refractivity contribution in [3.8, 4) is 0 Å². The molecule has 0 heterocycles. The first kappa shape index (κ1) is 16.3. The summed E-state index contributed by atoms with van der Waals surface area (Å²) >= 11 is 0. The van der Waals surface area contributed by atoms with E-state index in [0.717, 1.165) is 0 Å². The van der Waals surface area contributed by atoms with Crippen LogP contribution in [0.1, 0.15) is 0 Å². The molecule has 0 aliphatic rings. The second-order valence-corrected chi connectivity index (χ2v) is 3.30. The number of hydrogen-bond donors (Lipinski definition) is 2. The van der Waals surface area contributed by atoms with Gasteiger partial charge < -0.3 is 29.2 Å².